The third-order valence-corrected chi connectivity index (χ3v) is 4.93. The van der Waals surface area contributed by atoms with Crippen LogP contribution in [0, 0.1) is 19.8 Å². The van der Waals surface area contributed by atoms with Crippen LogP contribution in [-0.4, -0.2) is 65.3 Å². The fourth-order valence-electron chi connectivity index (χ4n) is 2.83. The fraction of sp³-hybridized carbons (Fsp3) is 0.765. The van der Waals surface area contributed by atoms with E-state index < -0.39 is 0 Å². The number of oxazole rings is 1. The highest BCUT2D eigenvalue weighted by atomic mass is 16.4. The van der Waals surface area contributed by atoms with Crippen molar-refractivity contribution in [3.05, 3.63) is 17.3 Å². The van der Waals surface area contributed by atoms with Gasteiger partial charge >= 0.3 is 6.03 Å². The van der Waals surface area contributed by atoms with Gasteiger partial charge in [-0.3, -0.25) is 4.90 Å². The minimum absolute atomic E-state index is 0.0257. The summed E-state index contributed by atoms with van der Waals surface area (Å²) in [7, 11) is 1.71. The molecule has 1 atom stereocenters. The average Bonchev–Trinajstić information content (AvgIpc) is 2.90. The van der Waals surface area contributed by atoms with Gasteiger partial charge < -0.3 is 19.7 Å². The first-order valence-corrected chi connectivity index (χ1v) is 8.67. The van der Waals surface area contributed by atoms with Crippen LogP contribution in [-0.2, 0) is 6.54 Å². The number of likely N-dealkylation sites (N-methyl/N-ethyl adjacent to an activating group) is 1. The van der Waals surface area contributed by atoms with E-state index in [1.165, 1.54) is 0 Å². The average molecular weight is 338 g/mol. The van der Waals surface area contributed by atoms with Gasteiger partial charge in [-0.15, -0.1) is 0 Å². The van der Waals surface area contributed by atoms with Gasteiger partial charge in [-0.1, -0.05) is 0 Å². The van der Waals surface area contributed by atoms with Gasteiger partial charge in [-0.25, -0.2) is 9.78 Å². The van der Waals surface area contributed by atoms with Crippen LogP contribution in [0.1, 0.15) is 37.1 Å². The molecule has 0 saturated carbocycles. The van der Waals surface area contributed by atoms with Crippen LogP contribution in [0.25, 0.3) is 0 Å². The minimum atomic E-state index is -0.167. The molecule has 0 radical (unpaired) electrons. The Morgan fingerprint density at radius 3 is 2.67 bits per heavy atom. The third-order valence-electron chi connectivity index (χ3n) is 4.93. The zero-order valence-corrected chi connectivity index (χ0v) is 15.2. The van der Waals surface area contributed by atoms with Gasteiger partial charge in [-0.2, -0.15) is 0 Å². The lowest BCUT2D eigenvalue weighted by atomic mass is 9.97. The summed E-state index contributed by atoms with van der Waals surface area (Å²) >= 11 is 0. The Kier molecular flexibility index (Phi) is 6.62. The first-order valence-electron chi connectivity index (χ1n) is 8.67. The first kappa shape index (κ1) is 18.7. The summed E-state index contributed by atoms with van der Waals surface area (Å²) in [5.41, 5.74) is 0.962. The van der Waals surface area contributed by atoms with E-state index in [2.05, 4.69) is 15.2 Å². The normalized spacial score (nSPS) is 17.7. The maximum Gasteiger partial charge on any atom is 0.317 e. The fourth-order valence-corrected chi connectivity index (χ4v) is 2.83. The zero-order valence-electron chi connectivity index (χ0n) is 15.2. The molecule has 2 amide bonds. The molecule has 1 aliphatic heterocycles. The Balaban J connectivity index is 1.70. The molecule has 1 saturated heterocycles. The monoisotopic (exact) mass is 338 g/mol. The molecule has 1 aromatic rings. The van der Waals surface area contributed by atoms with E-state index >= 15 is 0 Å². The van der Waals surface area contributed by atoms with Crippen molar-refractivity contribution in [3.8, 4) is 0 Å². The number of carbonyl (C=O) groups is 1. The number of likely N-dealkylation sites (tertiary alicyclic amines) is 1. The van der Waals surface area contributed by atoms with Crippen molar-refractivity contribution < 1.29 is 14.3 Å². The van der Waals surface area contributed by atoms with E-state index in [0.717, 1.165) is 49.8 Å². The molecular formula is C17H30N4O3. The van der Waals surface area contributed by atoms with Crippen LogP contribution in [0.2, 0.25) is 0 Å². The number of aliphatic hydroxyl groups is 1. The standard InChI is InChI=1S/C17H30N4O3/c1-12(11-22)20(4)17(23)18-9-15-5-7-21(8-6-15)10-16-19-13(2)14(3)24-16/h12,15,22H,5-11H2,1-4H3,(H,18,23). The van der Waals surface area contributed by atoms with Crippen molar-refractivity contribution >= 4 is 6.03 Å². The smallest absolute Gasteiger partial charge is 0.317 e. The lowest BCUT2D eigenvalue weighted by Crippen LogP contribution is -2.46. The van der Waals surface area contributed by atoms with Crippen LogP contribution in [0.5, 0.6) is 0 Å². The topological polar surface area (TPSA) is 81.8 Å². The lowest BCUT2D eigenvalue weighted by molar-refractivity contribution is 0.146. The number of hydrogen-bond donors (Lipinski definition) is 2. The molecule has 2 heterocycles. The van der Waals surface area contributed by atoms with E-state index in [4.69, 9.17) is 9.52 Å². The molecule has 7 nitrogen and oxygen atoms in total. The third kappa shape index (κ3) is 4.95. The number of nitrogens with one attached hydrogen (secondary N) is 1. The number of urea groups is 1. The molecule has 7 heteroatoms. The lowest BCUT2D eigenvalue weighted by Gasteiger charge is -2.32. The number of carbonyl (C=O) groups excluding carboxylic acids is 1. The van der Waals surface area contributed by atoms with Crippen molar-refractivity contribution in [3.63, 3.8) is 0 Å². The Labute approximate surface area is 144 Å². The Bertz CT molecular complexity index is 518. The van der Waals surface area contributed by atoms with Crippen LogP contribution in [0.3, 0.4) is 0 Å². The molecule has 2 rings (SSSR count). The predicted molar refractivity (Wildman–Crippen MR) is 91.7 cm³/mol. The summed E-state index contributed by atoms with van der Waals surface area (Å²) < 4.78 is 5.65. The second kappa shape index (κ2) is 8.48. The molecule has 2 N–H and O–H groups in total. The largest absolute Gasteiger partial charge is 0.444 e. The van der Waals surface area contributed by atoms with Crippen LogP contribution in [0.4, 0.5) is 4.79 Å². The molecule has 136 valence electrons. The van der Waals surface area contributed by atoms with Gasteiger partial charge in [0.25, 0.3) is 0 Å². The van der Waals surface area contributed by atoms with Gasteiger partial charge in [0, 0.05) is 13.6 Å². The van der Waals surface area contributed by atoms with E-state index in [0.29, 0.717) is 12.5 Å². The molecule has 1 aromatic heterocycles. The summed E-state index contributed by atoms with van der Waals surface area (Å²) in [6, 6.07) is -0.288. The molecule has 1 fully saturated rings. The zero-order chi connectivity index (χ0) is 17.7. The summed E-state index contributed by atoms with van der Waals surface area (Å²) in [5.74, 6) is 2.18. The Hall–Kier alpha value is -1.60. The number of nitrogens with zero attached hydrogens (tertiary/aromatic N) is 3. The summed E-state index contributed by atoms with van der Waals surface area (Å²) in [6.07, 6.45) is 2.11. The number of aryl methyl sites for hydroxylation is 2. The quantitative estimate of drug-likeness (QED) is 0.822. The number of rotatable bonds is 6. The SMILES string of the molecule is Cc1nc(CN2CCC(CNC(=O)N(C)C(C)CO)CC2)oc1C. The van der Waals surface area contributed by atoms with Crippen molar-refractivity contribution in [2.24, 2.45) is 5.92 Å². The molecule has 24 heavy (non-hydrogen) atoms. The molecule has 1 aliphatic rings. The van der Waals surface area contributed by atoms with Crippen LogP contribution < -0.4 is 5.32 Å². The molecular weight excluding hydrogens is 308 g/mol. The van der Waals surface area contributed by atoms with Crippen molar-refractivity contribution in [2.75, 3.05) is 33.3 Å². The maximum absolute atomic E-state index is 12.0. The minimum Gasteiger partial charge on any atom is -0.444 e. The molecule has 0 bridgehead atoms. The van der Waals surface area contributed by atoms with E-state index in [-0.39, 0.29) is 18.7 Å². The summed E-state index contributed by atoms with van der Waals surface area (Å²) in [6.45, 7) is 9.12. The van der Waals surface area contributed by atoms with Gasteiger partial charge in [0.1, 0.15) is 5.76 Å². The van der Waals surface area contributed by atoms with Gasteiger partial charge in [0.2, 0.25) is 5.89 Å². The number of aromatic nitrogens is 1. The van der Waals surface area contributed by atoms with Crippen molar-refractivity contribution in [2.45, 2.75) is 46.2 Å². The molecule has 0 spiro atoms. The van der Waals surface area contributed by atoms with Gasteiger partial charge in [0.05, 0.1) is 24.9 Å². The van der Waals surface area contributed by atoms with Crippen molar-refractivity contribution in [1.29, 1.82) is 0 Å². The number of amides is 2. The Morgan fingerprint density at radius 1 is 1.46 bits per heavy atom. The highest BCUT2D eigenvalue weighted by molar-refractivity contribution is 5.74. The second-order valence-electron chi connectivity index (χ2n) is 6.80. The van der Waals surface area contributed by atoms with Crippen LogP contribution in [0.15, 0.2) is 4.42 Å². The van der Waals surface area contributed by atoms with Crippen LogP contribution >= 0.6 is 0 Å². The first-order chi connectivity index (χ1) is 11.4. The van der Waals surface area contributed by atoms with Gasteiger partial charge in [-0.05, 0) is 52.6 Å². The van der Waals surface area contributed by atoms with E-state index in [1.54, 1.807) is 11.9 Å². The predicted octanol–water partition coefficient (Wildman–Crippen LogP) is 1.53. The number of piperidine rings is 1. The van der Waals surface area contributed by atoms with Crippen molar-refractivity contribution in [1.82, 2.24) is 20.1 Å². The molecule has 0 aliphatic carbocycles. The highest BCUT2D eigenvalue weighted by Gasteiger charge is 2.22. The maximum atomic E-state index is 12.0. The van der Waals surface area contributed by atoms with E-state index in [1.807, 2.05) is 20.8 Å². The van der Waals surface area contributed by atoms with E-state index in [9.17, 15) is 4.79 Å². The van der Waals surface area contributed by atoms with Gasteiger partial charge in [0.15, 0.2) is 0 Å². The molecule has 1 unspecified atom stereocenters. The summed E-state index contributed by atoms with van der Waals surface area (Å²) in [5, 5.41) is 12.1. The Morgan fingerprint density at radius 2 is 2.12 bits per heavy atom. The number of aliphatic hydroxyl groups excluding tert-OH is 1. The summed E-state index contributed by atoms with van der Waals surface area (Å²) in [4.78, 5) is 20.3. The second-order valence-corrected chi connectivity index (χ2v) is 6.80. The molecule has 0 aromatic carbocycles. The highest BCUT2D eigenvalue weighted by Crippen LogP contribution is 2.19. The number of hydrogen-bond acceptors (Lipinski definition) is 5.